The first kappa shape index (κ1) is 16.4. The lowest BCUT2D eigenvalue weighted by Gasteiger charge is -2.19. The van der Waals surface area contributed by atoms with Gasteiger partial charge in [-0.2, -0.15) is 0 Å². The highest BCUT2D eigenvalue weighted by molar-refractivity contribution is 5.78. The van der Waals surface area contributed by atoms with Crippen molar-refractivity contribution in [2.45, 2.75) is 32.4 Å². The number of para-hydroxylation sites is 1. The number of hydrogen-bond donors (Lipinski definition) is 1. The number of carbonyl (C=O) groups excluding carboxylic acids is 1. The molecule has 24 heavy (non-hydrogen) atoms. The van der Waals surface area contributed by atoms with Crippen molar-refractivity contribution in [2.24, 2.45) is 0 Å². The van der Waals surface area contributed by atoms with Crippen LogP contribution in [-0.2, 0) is 11.3 Å². The van der Waals surface area contributed by atoms with Crippen LogP contribution < -0.4 is 10.1 Å². The number of ether oxygens (including phenoxy) is 1. The van der Waals surface area contributed by atoms with Crippen LogP contribution in [0.15, 0.2) is 48.5 Å². The van der Waals surface area contributed by atoms with Crippen LogP contribution in [0.25, 0.3) is 0 Å². The van der Waals surface area contributed by atoms with Crippen molar-refractivity contribution in [1.29, 1.82) is 0 Å². The van der Waals surface area contributed by atoms with Gasteiger partial charge in [0.2, 0.25) is 5.91 Å². The molecule has 1 N–H and O–H groups in total. The fourth-order valence-corrected chi connectivity index (χ4v) is 3.15. The maximum absolute atomic E-state index is 11.7. The molecule has 0 aromatic heterocycles. The van der Waals surface area contributed by atoms with Gasteiger partial charge in [0, 0.05) is 30.8 Å². The third-order valence-corrected chi connectivity index (χ3v) is 4.49. The molecule has 0 bridgehead atoms. The summed E-state index contributed by atoms with van der Waals surface area (Å²) in [7, 11) is 1.69. The molecule has 126 valence electrons. The minimum Gasteiger partial charge on any atom is -0.496 e. The van der Waals surface area contributed by atoms with Gasteiger partial charge in [0.15, 0.2) is 0 Å². The largest absolute Gasteiger partial charge is 0.496 e. The van der Waals surface area contributed by atoms with E-state index in [1.54, 1.807) is 7.11 Å². The van der Waals surface area contributed by atoms with Crippen LogP contribution in [0.4, 0.5) is 5.69 Å². The lowest BCUT2D eigenvalue weighted by molar-refractivity contribution is -0.128. The van der Waals surface area contributed by atoms with Crippen LogP contribution in [0.1, 0.15) is 36.9 Å². The Kier molecular flexibility index (Phi) is 5.04. The lowest BCUT2D eigenvalue weighted by Crippen LogP contribution is -2.23. The van der Waals surface area contributed by atoms with Gasteiger partial charge in [0.1, 0.15) is 5.75 Å². The topological polar surface area (TPSA) is 41.6 Å². The Hall–Kier alpha value is -2.49. The molecule has 2 aromatic carbocycles. The second-order valence-corrected chi connectivity index (χ2v) is 6.22. The predicted molar refractivity (Wildman–Crippen MR) is 96.1 cm³/mol. The van der Waals surface area contributed by atoms with E-state index in [1.807, 2.05) is 23.1 Å². The van der Waals surface area contributed by atoms with Gasteiger partial charge in [-0.05, 0) is 37.1 Å². The van der Waals surface area contributed by atoms with Gasteiger partial charge in [-0.15, -0.1) is 0 Å². The van der Waals surface area contributed by atoms with Crippen molar-refractivity contribution in [3.63, 3.8) is 0 Å². The normalized spacial score (nSPS) is 15.4. The number of hydrogen-bond acceptors (Lipinski definition) is 3. The molecule has 0 spiro atoms. The predicted octanol–water partition coefficient (Wildman–Crippen LogP) is 3.99. The zero-order chi connectivity index (χ0) is 16.9. The molecule has 1 unspecified atom stereocenters. The minimum atomic E-state index is 0.146. The summed E-state index contributed by atoms with van der Waals surface area (Å²) in [5, 5.41) is 3.50. The van der Waals surface area contributed by atoms with E-state index < -0.39 is 0 Å². The molecule has 1 atom stereocenters. The van der Waals surface area contributed by atoms with E-state index in [-0.39, 0.29) is 11.9 Å². The third-order valence-electron chi connectivity index (χ3n) is 4.49. The molecule has 4 heteroatoms. The number of nitrogens with zero attached hydrogens (tertiary/aromatic N) is 1. The number of benzene rings is 2. The van der Waals surface area contributed by atoms with Crippen LogP contribution in [0.2, 0.25) is 0 Å². The Morgan fingerprint density at radius 1 is 1.17 bits per heavy atom. The fourth-order valence-electron chi connectivity index (χ4n) is 3.15. The first-order valence-electron chi connectivity index (χ1n) is 8.43. The first-order chi connectivity index (χ1) is 11.7. The quantitative estimate of drug-likeness (QED) is 0.873. The highest BCUT2D eigenvalue weighted by Crippen LogP contribution is 2.27. The zero-order valence-corrected chi connectivity index (χ0v) is 14.3. The van der Waals surface area contributed by atoms with Crippen LogP contribution >= 0.6 is 0 Å². The highest BCUT2D eigenvalue weighted by Gasteiger charge is 2.19. The van der Waals surface area contributed by atoms with E-state index in [1.165, 1.54) is 5.56 Å². The monoisotopic (exact) mass is 324 g/mol. The number of amides is 1. The van der Waals surface area contributed by atoms with Crippen molar-refractivity contribution in [1.82, 2.24) is 4.90 Å². The van der Waals surface area contributed by atoms with Crippen molar-refractivity contribution < 1.29 is 9.53 Å². The molecule has 1 aliphatic heterocycles. The van der Waals surface area contributed by atoms with Gasteiger partial charge in [0.25, 0.3) is 0 Å². The summed E-state index contributed by atoms with van der Waals surface area (Å²) < 4.78 is 5.43. The molecule has 4 nitrogen and oxygen atoms in total. The van der Waals surface area contributed by atoms with Crippen LogP contribution in [0.5, 0.6) is 5.75 Å². The summed E-state index contributed by atoms with van der Waals surface area (Å²) >= 11 is 0. The van der Waals surface area contributed by atoms with Crippen LogP contribution in [0.3, 0.4) is 0 Å². The van der Waals surface area contributed by atoms with Crippen molar-refractivity contribution in [3.8, 4) is 5.75 Å². The summed E-state index contributed by atoms with van der Waals surface area (Å²) in [4.78, 5) is 13.6. The maximum atomic E-state index is 11.7. The summed E-state index contributed by atoms with van der Waals surface area (Å²) in [5.74, 6) is 1.16. The Morgan fingerprint density at radius 3 is 2.58 bits per heavy atom. The van der Waals surface area contributed by atoms with Gasteiger partial charge < -0.3 is 15.0 Å². The number of carbonyl (C=O) groups is 1. The zero-order valence-electron chi connectivity index (χ0n) is 14.3. The van der Waals surface area contributed by atoms with Gasteiger partial charge in [-0.1, -0.05) is 30.3 Å². The van der Waals surface area contributed by atoms with E-state index >= 15 is 0 Å². The molecule has 1 saturated heterocycles. The van der Waals surface area contributed by atoms with E-state index in [0.717, 1.165) is 30.0 Å². The van der Waals surface area contributed by atoms with Crippen molar-refractivity contribution in [2.75, 3.05) is 19.0 Å². The molecular formula is C20H24N2O2. The SMILES string of the molecule is COc1ccccc1C(C)Nc1ccc(CN2CCCC2=O)cc1. The average Bonchev–Trinajstić information content (AvgIpc) is 3.01. The number of anilines is 1. The Balaban J connectivity index is 1.64. The molecule has 3 rings (SSSR count). The molecule has 0 radical (unpaired) electrons. The lowest BCUT2D eigenvalue weighted by atomic mass is 10.1. The average molecular weight is 324 g/mol. The fraction of sp³-hybridized carbons (Fsp3) is 0.350. The van der Waals surface area contributed by atoms with Gasteiger partial charge in [0.05, 0.1) is 13.2 Å². The van der Waals surface area contributed by atoms with Gasteiger partial charge >= 0.3 is 0 Å². The molecule has 2 aromatic rings. The van der Waals surface area contributed by atoms with Gasteiger partial charge in [-0.25, -0.2) is 0 Å². The second-order valence-electron chi connectivity index (χ2n) is 6.22. The number of methoxy groups -OCH3 is 1. The Labute approximate surface area is 143 Å². The summed E-state index contributed by atoms with van der Waals surface area (Å²) in [6, 6.07) is 16.5. The molecular weight excluding hydrogens is 300 g/mol. The summed E-state index contributed by atoms with van der Waals surface area (Å²) in [6.07, 6.45) is 1.67. The maximum Gasteiger partial charge on any atom is 0.222 e. The Morgan fingerprint density at radius 2 is 1.92 bits per heavy atom. The smallest absolute Gasteiger partial charge is 0.222 e. The van der Waals surface area contributed by atoms with E-state index in [2.05, 4.69) is 42.6 Å². The van der Waals surface area contributed by atoms with E-state index in [4.69, 9.17) is 4.74 Å². The minimum absolute atomic E-state index is 0.146. The van der Waals surface area contributed by atoms with E-state index in [0.29, 0.717) is 13.0 Å². The molecule has 1 amide bonds. The van der Waals surface area contributed by atoms with Crippen LogP contribution in [0, 0.1) is 0 Å². The van der Waals surface area contributed by atoms with Crippen molar-refractivity contribution in [3.05, 3.63) is 59.7 Å². The van der Waals surface area contributed by atoms with Crippen LogP contribution in [-0.4, -0.2) is 24.5 Å². The molecule has 1 fully saturated rings. The molecule has 0 aliphatic carbocycles. The van der Waals surface area contributed by atoms with E-state index in [9.17, 15) is 4.79 Å². The number of rotatable bonds is 6. The molecule has 1 aliphatic rings. The van der Waals surface area contributed by atoms with Crippen molar-refractivity contribution >= 4 is 11.6 Å². The summed E-state index contributed by atoms with van der Waals surface area (Å²) in [5.41, 5.74) is 3.36. The first-order valence-corrected chi connectivity index (χ1v) is 8.43. The standard InChI is InChI=1S/C20H24N2O2/c1-15(18-6-3-4-7-19(18)24-2)21-17-11-9-16(10-12-17)14-22-13-5-8-20(22)23/h3-4,6-7,9-12,15,21H,5,8,13-14H2,1-2H3. The summed E-state index contributed by atoms with van der Waals surface area (Å²) in [6.45, 7) is 3.71. The van der Waals surface area contributed by atoms with Gasteiger partial charge in [-0.3, -0.25) is 4.79 Å². The Bertz CT molecular complexity index is 697. The highest BCUT2D eigenvalue weighted by atomic mass is 16.5. The second kappa shape index (κ2) is 7.39. The number of nitrogens with one attached hydrogen (secondary N) is 1. The molecule has 1 heterocycles. The third kappa shape index (κ3) is 3.70. The molecule has 0 saturated carbocycles. The number of likely N-dealkylation sites (tertiary alicyclic amines) is 1.